The van der Waals surface area contributed by atoms with Gasteiger partial charge in [0.2, 0.25) is 0 Å². The van der Waals surface area contributed by atoms with E-state index in [9.17, 15) is 19.5 Å². The number of ether oxygens (including phenoxy) is 1. The fraction of sp³-hybridized carbons (Fsp3) is 0.154. The molecule has 1 aliphatic heterocycles. The van der Waals surface area contributed by atoms with E-state index in [1.54, 1.807) is 44.2 Å². The smallest absolute Gasteiger partial charge is 0.338 e. The van der Waals surface area contributed by atoms with Crippen LogP contribution < -0.4 is 4.90 Å². The van der Waals surface area contributed by atoms with Crippen LogP contribution in [-0.2, 0) is 14.3 Å². The summed E-state index contributed by atoms with van der Waals surface area (Å²) >= 11 is 12.1. The molecule has 1 fully saturated rings. The molecule has 1 atom stereocenters. The van der Waals surface area contributed by atoms with Crippen molar-refractivity contribution in [2.45, 2.75) is 26.0 Å². The van der Waals surface area contributed by atoms with Crippen LogP contribution in [0, 0.1) is 0 Å². The van der Waals surface area contributed by atoms with Gasteiger partial charge in [0.1, 0.15) is 5.76 Å². The fourth-order valence-corrected chi connectivity index (χ4v) is 4.12. The second kappa shape index (κ2) is 9.90. The van der Waals surface area contributed by atoms with Gasteiger partial charge in [0.05, 0.1) is 33.3 Å². The molecule has 0 bridgehead atoms. The zero-order valence-corrected chi connectivity index (χ0v) is 20.2. The topological polar surface area (TPSA) is 96.8 Å². The van der Waals surface area contributed by atoms with Gasteiger partial charge in [-0.3, -0.25) is 19.5 Å². The first-order valence-electron chi connectivity index (χ1n) is 10.7. The number of carbonyl (C=O) groups excluding carboxylic acids is 3. The van der Waals surface area contributed by atoms with E-state index in [0.717, 1.165) is 0 Å². The fourth-order valence-electron chi connectivity index (χ4n) is 3.82. The standard InChI is InChI=1S/C26H20Cl2N2O5/c1-14(2)35-26(34)17-4-3-5-18(12-17)30-22(15-8-10-29-11-9-15)21(24(32)25(30)33)23(31)16-6-7-19(27)20(28)13-16/h3-14,22,31H,1-2H3/b23-21+. The van der Waals surface area contributed by atoms with Crippen molar-refractivity contribution < 1.29 is 24.2 Å². The SMILES string of the molecule is CC(C)OC(=O)c1cccc(N2C(=O)C(=O)/C(=C(/O)c3ccc(Cl)c(Cl)c3)C2c2ccncc2)c1. The summed E-state index contributed by atoms with van der Waals surface area (Å²) in [6.45, 7) is 3.46. The number of esters is 1. The van der Waals surface area contributed by atoms with E-state index >= 15 is 0 Å². The highest BCUT2D eigenvalue weighted by molar-refractivity contribution is 6.51. The lowest BCUT2D eigenvalue weighted by Crippen LogP contribution is -2.29. The van der Waals surface area contributed by atoms with E-state index in [4.69, 9.17) is 27.9 Å². The quantitative estimate of drug-likeness (QED) is 0.208. The number of halogens is 2. The van der Waals surface area contributed by atoms with Crippen LogP contribution in [0.3, 0.4) is 0 Å². The number of benzene rings is 2. The number of ketones is 1. The molecule has 178 valence electrons. The molecule has 35 heavy (non-hydrogen) atoms. The van der Waals surface area contributed by atoms with E-state index in [2.05, 4.69) is 4.98 Å². The average Bonchev–Trinajstić information content (AvgIpc) is 3.11. The van der Waals surface area contributed by atoms with Gasteiger partial charge >= 0.3 is 5.97 Å². The summed E-state index contributed by atoms with van der Waals surface area (Å²) in [6, 6.07) is 12.9. The number of aliphatic hydroxyl groups is 1. The Morgan fingerprint density at radius 1 is 1.00 bits per heavy atom. The van der Waals surface area contributed by atoms with Crippen molar-refractivity contribution in [2.75, 3.05) is 4.90 Å². The van der Waals surface area contributed by atoms with Gasteiger partial charge in [-0.25, -0.2) is 4.79 Å². The van der Waals surface area contributed by atoms with Crippen molar-refractivity contribution in [3.05, 3.63) is 99.3 Å². The zero-order chi connectivity index (χ0) is 25.3. The minimum atomic E-state index is -0.983. The number of Topliss-reactive ketones (excluding diaryl/α,β-unsaturated/α-hetero) is 1. The number of hydrogen-bond donors (Lipinski definition) is 1. The van der Waals surface area contributed by atoms with Gasteiger partial charge in [-0.15, -0.1) is 0 Å². The molecule has 0 radical (unpaired) electrons. The molecule has 1 aliphatic rings. The lowest BCUT2D eigenvalue weighted by molar-refractivity contribution is -0.132. The van der Waals surface area contributed by atoms with Gasteiger partial charge in [0, 0.05) is 23.6 Å². The summed E-state index contributed by atoms with van der Waals surface area (Å²) in [7, 11) is 0. The second-order valence-electron chi connectivity index (χ2n) is 8.08. The highest BCUT2D eigenvalue weighted by atomic mass is 35.5. The van der Waals surface area contributed by atoms with Gasteiger partial charge < -0.3 is 9.84 Å². The van der Waals surface area contributed by atoms with Crippen LogP contribution in [0.1, 0.15) is 41.4 Å². The first kappa shape index (κ1) is 24.4. The Morgan fingerprint density at radius 2 is 1.71 bits per heavy atom. The molecule has 3 aromatic rings. The number of aromatic nitrogens is 1. The molecular weight excluding hydrogens is 491 g/mol. The Morgan fingerprint density at radius 3 is 2.37 bits per heavy atom. The monoisotopic (exact) mass is 510 g/mol. The van der Waals surface area contributed by atoms with Crippen molar-refractivity contribution in [1.82, 2.24) is 4.98 Å². The Hall–Kier alpha value is -3.68. The third kappa shape index (κ3) is 4.78. The van der Waals surface area contributed by atoms with Crippen molar-refractivity contribution in [2.24, 2.45) is 0 Å². The van der Waals surface area contributed by atoms with E-state index in [1.807, 2.05) is 0 Å². The highest BCUT2D eigenvalue weighted by Crippen LogP contribution is 2.42. The van der Waals surface area contributed by atoms with Crippen molar-refractivity contribution in [3.8, 4) is 0 Å². The Labute approximate surface area is 211 Å². The molecule has 0 saturated carbocycles. The van der Waals surface area contributed by atoms with Gasteiger partial charge in [0.25, 0.3) is 11.7 Å². The second-order valence-corrected chi connectivity index (χ2v) is 8.90. The molecule has 9 heteroatoms. The Balaban J connectivity index is 1.89. The van der Waals surface area contributed by atoms with Crippen LogP contribution in [0.2, 0.25) is 10.0 Å². The first-order chi connectivity index (χ1) is 16.7. The molecule has 2 heterocycles. The largest absolute Gasteiger partial charge is 0.507 e. The number of pyridine rings is 1. The van der Waals surface area contributed by atoms with Gasteiger partial charge in [-0.2, -0.15) is 0 Å². The van der Waals surface area contributed by atoms with Crippen LogP contribution in [0.5, 0.6) is 0 Å². The summed E-state index contributed by atoms with van der Waals surface area (Å²) in [6.07, 6.45) is 2.71. The number of carbonyl (C=O) groups is 3. The van der Waals surface area contributed by atoms with Crippen molar-refractivity contribution in [3.63, 3.8) is 0 Å². The summed E-state index contributed by atoms with van der Waals surface area (Å²) in [5, 5.41) is 11.6. The molecule has 1 aromatic heterocycles. The number of amides is 1. The number of nitrogens with zero attached hydrogens (tertiary/aromatic N) is 2. The normalized spacial score (nSPS) is 17.2. The number of rotatable bonds is 5. The summed E-state index contributed by atoms with van der Waals surface area (Å²) in [5.74, 6) is -2.70. The van der Waals surface area contributed by atoms with Crippen LogP contribution in [-0.4, -0.2) is 33.9 Å². The lowest BCUT2D eigenvalue weighted by atomic mass is 9.95. The summed E-state index contributed by atoms with van der Waals surface area (Å²) in [5.41, 5.74) is 1.15. The Bertz CT molecular complexity index is 1350. The van der Waals surface area contributed by atoms with Gasteiger partial charge in [0.15, 0.2) is 0 Å². The molecule has 0 spiro atoms. The molecule has 1 saturated heterocycles. The molecular formula is C26H20Cl2N2O5. The first-order valence-corrected chi connectivity index (χ1v) is 11.4. The van der Waals surface area contributed by atoms with Crippen LogP contribution >= 0.6 is 23.2 Å². The predicted molar refractivity (Wildman–Crippen MR) is 132 cm³/mol. The zero-order valence-electron chi connectivity index (χ0n) is 18.7. The molecule has 1 N–H and O–H groups in total. The highest BCUT2D eigenvalue weighted by Gasteiger charge is 2.47. The van der Waals surface area contributed by atoms with E-state index < -0.39 is 29.5 Å². The van der Waals surface area contributed by atoms with E-state index in [-0.39, 0.29) is 32.8 Å². The molecule has 0 aliphatic carbocycles. The van der Waals surface area contributed by atoms with Gasteiger partial charge in [-0.1, -0.05) is 29.3 Å². The maximum atomic E-state index is 13.3. The van der Waals surface area contributed by atoms with E-state index in [0.29, 0.717) is 11.3 Å². The van der Waals surface area contributed by atoms with Gasteiger partial charge in [-0.05, 0) is 67.9 Å². The predicted octanol–water partition coefficient (Wildman–Crippen LogP) is 5.58. The van der Waals surface area contributed by atoms with Crippen molar-refractivity contribution >= 4 is 52.3 Å². The summed E-state index contributed by atoms with van der Waals surface area (Å²) < 4.78 is 5.26. The van der Waals surface area contributed by atoms with E-state index in [1.165, 1.54) is 41.6 Å². The maximum absolute atomic E-state index is 13.3. The van der Waals surface area contributed by atoms with Crippen molar-refractivity contribution in [1.29, 1.82) is 0 Å². The molecule has 2 aromatic carbocycles. The lowest BCUT2D eigenvalue weighted by Gasteiger charge is -2.25. The number of anilines is 1. The molecule has 1 amide bonds. The maximum Gasteiger partial charge on any atom is 0.338 e. The molecule has 4 rings (SSSR count). The average molecular weight is 511 g/mol. The minimum Gasteiger partial charge on any atom is -0.507 e. The summed E-state index contributed by atoms with van der Waals surface area (Å²) in [4.78, 5) is 44.2. The number of aliphatic hydroxyl groups excluding tert-OH is 1. The van der Waals surface area contributed by atoms with Crippen LogP contribution in [0.15, 0.2) is 72.6 Å². The molecule has 7 nitrogen and oxygen atoms in total. The number of hydrogen-bond acceptors (Lipinski definition) is 6. The third-order valence-corrected chi connectivity index (χ3v) is 6.10. The van der Waals surface area contributed by atoms with Crippen LogP contribution in [0.4, 0.5) is 5.69 Å². The van der Waals surface area contributed by atoms with Crippen LogP contribution in [0.25, 0.3) is 5.76 Å². The minimum absolute atomic E-state index is 0.130. The third-order valence-electron chi connectivity index (χ3n) is 5.36. The molecule has 1 unspecified atom stereocenters. The Kier molecular flexibility index (Phi) is 6.91.